The smallest absolute Gasteiger partial charge is 0.322 e. The SMILES string of the molecule is O=C(Nc1ccccc1-n1cccc1)c1cnn(-c2ccc(Cl)cc2)c1C(F)(F)F. The fraction of sp³-hybridized carbons (Fsp3) is 0.0476. The molecule has 152 valence electrons. The van der Waals surface area contributed by atoms with Crippen LogP contribution in [0.15, 0.2) is 79.3 Å². The normalized spacial score (nSPS) is 11.5. The van der Waals surface area contributed by atoms with Crippen LogP contribution in [-0.2, 0) is 6.18 Å². The van der Waals surface area contributed by atoms with E-state index in [1.165, 1.54) is 24.3 Å². The number of hydrogen-bond acceptors (Lipinski definition) is 2. The monoisotopic (exact) mass is 430 g/mol. The molecule has 4 rings (SSSR count). The van der Waals surface area contributed by atoms with E-state index in [1.54, 1.807) is 53.4 Å². The van der Waals surface area contributed by atoms with Crippen LogP contribution in [0.1, 0.15) is 16.1 Å². The number of alkyl halides is 3. The number of carbonyl (C=O) groups excluding carboxylic acids is 1. The van der Waals surface area contributed by atoms with Gasteiger partial charge in [0.2, 0.25) is 0 Å². The second kappa shape index (κ2) is 7.72. The lowest BCUT2D eigenvalue weighted by molar-refractivity contribution is -0.143. The molecule has 4 aromatic rings. The molecule has 30 heavy (non-hydrogen) atoms. The summed E-state index contributed by atoms with van der Waals surface area (Å²) in [4.78, 5) is 12.8. The Labute approximate surface area is 174 Å². The molecule has 9 heteroatoms. The number of nitrogens with zero attached hydrogens (tertiary/aromatic N) is 3. The van der Waals surface area contributed by atoms with Crippen LogP contribution in [0.2, 0.25) is 5.02 Å². The average Bonchev–Trinajstić information content (AvgIpc) is 3.39. The number of para-hydroxylation sites is 2. The van der Waals surface area contributed by atoms with Gasteiger partial charge in [0.05, 0.1) is 28.8 Å². The number of carbonyl (C=O) groups is 1. The molecule has 0 saturated carbocycles. The fourth-order valence-electron chi connectivity index (χ4n) is 3.05. The topological polar surface area (TPSA) is 51.9 Å². The summed E-state index contributed by atoms with van der Waals surface area (Å²) in [7, 11) is 0. The van der Waals surface area contributed by atoms with Crippen molar-refractivity contribution < 1.29 is 18.0 Å². The molecule has 0 spiro atoms. The van der Waals surface area contributed by atoms with Crippen molar-refractivity contribution in [2.75, 3.05) is 5.32 Å². The van der Waals surface area contributed by atoms with E-state index < -0.39 is 23.3 Å². The zero-order chi connectivity index (χ0) is 21.3. The molecular weight excluding hydrogens is 417 g/mol. The van der Waals surface area contributed by atoms with Crippen LogP contribution in [0.3, 0.4) is 0 Å². The van der Waals surface area contributed by atoms with Gasteiger partial charge in [0, 0.05) is 17.4 Å². The molecule has 0 saturated heterocycles. The number of aromatic nitrogens is 3. The number of anilines is 1. The lowest BCUT2D eigenvalue weighted by atomic mass is 10.2. The second-order valence-electron chi connectivity index (χ2n) is 6.35. The first-order chi connectivity index (χ1) is 14.3. The summed E-state index contributed by atoms with van der Waals surface area (Å²) in [5.41, 5.74) is -0.625. The Morgan fingerprint density at radius 2 is 1.63 bits per heavy atom. The predicted octanol–water partition coefficient (Wildman–Crippen LogP) is 5.59. The fourth-order valence-corrected chi connectivity index (χ4v) is 3.18. The summed E-state index contributed by atoms with van der Waals surface area (Å²) in [5, 5.41) is 6.75. The highest BCUT2D eigenvalue weighted by atomic mass is 35.5. The minimum atomic E-state index is -4.80. The lowest BCUT2D eigenvalue weighted by Crippen LogP contribution is -2.21. The summed E-state index contributed by atoms with van der Waals surface area (Å²) < 4.78 is 43.9. The highest BCUT2D eigenvalue weighted by molar-refractivity contribution is 6.30. The number of amides is 1. The first-order valence-electron chi connectivity index (χ1n) is 8.79. The van der Waals surface area contributed by atoms with Crippen molar-refractivity contribution in [2.24, 2.45) is 0 Å². The maximum absolute atomic E-state index is 13.8. The number of hydrogen-bond donors (Lipinski definition) is 1. The zero-order valence-corrected chi connectivity index (χ0v) is 16.0. The summed E-state index contributed by atoms with van der Waals surface area (Å²) in [6, 6.07) is 16.1. The third-order valence-corrected chi connectivity index (χ3v) is 4.64. The van der Waals surface area contributed by atoms with Gasteiger partial charge >= 0.3 is 6.18 Å². The Kier molecular flexibility index (Phi) is 5.09. The van der Waals surface area contributed by atoms with E-state index in [1.807, 2.05) is 0 Å². The quantitative estimate of drug-likeness (QED) is 0.459. The molecule has 0 bridgehead atoms. The molecule has 0 radical (unpaired) electrons. The Morgan fingerprint density at radius 3 is 2.30 bits per heavy atom. The molecule has 1 N–H and O–H groups in total. The van der Waals surface area contributed by atoms with Crippen LogP contribution in [0.4, 0.5) is 18.9 Å². The summed E-state index contributed by atoms with van der Waals surface area (Å²) >= 11 is 5.81. The summed E-state index contributed by atoms with van der Waals surface area (Å²) in [5.74, 6) is -0.915. The van der Waals surface area contributed by atoms with E-state index in [0.717, 1.165) is 6.20 Å². The standard InChI is InChI=1S/C21H14ClF3N4O/c22-14-7-9-15(10-8-14)29-19(21(23,24)25)16(13-26-29)20(30)27-17-5-1-2-6-18(17)28-11-3-4-12-28/h1-13H,(H,27,30). The maximum atomic E-state index is 13.8. The molecule has 0 fully saturated rings. The van der Waals surface area contributed by atoms with Crippen LogP contribution in [0.5, 0.6) is 0 Å². The average molecular weight is 431 g/mol. The minimum Gasteiger partial charge on any atom is -0.322 e. The van der Waals surface area contributed by atoms with Gasteiger partial charge in [0.1, 0.15) is 0 Å². The molecule has 2 heterocycles. The highest BCUT2D eigenvalue weighted by Crippen LogP contribution is 2.34. The summed E-state index contributed by atoms with van der Waals surface area (Å²) in [6.07, 6.45) is -0.358. The van der Waals surface area contributed by atoms with Gasteiger partial charge < -0.3 is 9.88 Å². The van der Waals surface area contributed by atoms with E-state index in [2.05, 4.69) is 10.4 Å². The molecule has 0 unspecified atom stereocenters. The molecule has 2 aromatic carbocycles. The Bertz CT molecular complexity index is 1180. The van der Waals surface area contributed by atoms with Crippen LogP contribution in [0.25, 0.3) is 11.4 Å². The van der Waals surface area contributed by atoms with Crippen molar-refractivity contribution >= 4 is 23.2 Å². The van der Waals surface area contributed by atoms with Crippen LogP contribution >= 0.6 is 11.6 Å². The van der Waals surface area contributed by atoms with Crippen molar-refractivity contribution in [3.8, 4) is 11.4 Å². The number of nitrogens with one attached hydrogen (secondary N) is 1. The zero-order valence-electron chi connectivity index (χ0n) is 15.3. The molecule has 0 aliphatic carbocycles. The van der Waals surface area contributed by atoms with Gasteiger partial charge in [-0.05, 0) is 48.5 Å². The molecule has 2 aromatic heterocycles. The molecule has 0 atom stereocenters. The maximum Gasteiger partial charge on any atom is 0.434 e. The van der Waals surface area contributed by atoms with Crippen molar-refractivity contribution in [1.29, 1.82) is 0 Å². The van der Waals surface area contributed by atoms with Gasteiger partial charge in [-0.1, -0.05) is 23.7 Å². The van der Waals surface area contributed by atoms with Gasteiger partial charge in [-0.2, -0.15) is 18.3 Å². The molecule has 0 aliphatic rings. The van der Waals surface area contributed by atoms with E-state index >= 15 is 0 Å². The Hall–Kier alpha value is -3.52. The second-order valence-corrected chi connectivity index (χ2v) is 6.79. The molecular formula is C21H14ClF3N4O. The van der Waals surface area contributed by atoms with E-state index in [4.69, 9.17) is 11.6 Å². The summed E-state index contributed by atoms with van der Waals surface area (Å²) in [6.45, 7) is 0. The Balaban J connectivity index is 1.73. The first kappa shape index (κ1) is 19.8. The van der Waals surface area contributed by atoms with Crippen molar-refractivity contribution in [3.63, 3.8) is 0 Å². The van der Waals surface area contributed by atoms with Gasteiger partial charge in [-0.3, -0.25) is 4.79 Å². The lowest BCUT2D eigenvalue weighted by Gasteiger charge is -2.14. The minimum absolute atomic E-state index is 0.138. The number of rotatable bonds is 4. The Morgan fingerprint density at radius 1 is 0.967 bits per heavy atom. The third-order valence-electron chi connectivity index (χ3n) is 4.39. The van der Waals surface area contributed by atoms with Gasteiger partial charge in [0.15, 0.2) is 5.69 Å². The van der Waals surface area contributed by atoms with Gasteiger partial charge in [-0.25, -0.2) is 4.68 Å². The van der Waals surface area contributed by atoms with Gasteiger partial charge in [0.25, 0.3) is 5.91 Å². The van der Waals surface area contributed by atoms with Crippen molar-refractivity contribution in [1.82, 2.24) is 14.3 Å². The molecule has 5 nitrogen and oxygen atoms in total. The van der Waals surface area contributed by atoms with Crippen LogP contribution < -0.4 is 5.32 Å². The highest BCUT2D eigenvalue weighted by Gasteiger charge is 2.40. The van der Waals surface area contributed by atoms with Gasteiger partial charge in [-0.15, -0.1) is 0 Å². The number of benzene rings is 2. The van der Waals surface area contributed by atoms with Crippen molar-refractivity contribution in [3.05, 3.63) is 95.5 Å². The predicted molar refractivity (Wildman–Crippen MR) is 107 cm³/mol. The van der Waals surface area contributed by atoms with Crippen molar-refractivity contribution in [2.45, 2.75) is 6.18 Å². The van der Waals surface area contributed by atoms with Crippen LogP contribution in [-0.4, -0.2) is 20.3 Å². The largest absolute Gasteiger partial charge is 0.434 e. The molecule has 1 amide bonds. The van der Waals surface area contributed by atoms with E-state index in [0.29, 0.717) is 21.1 Å². The van der Waals surface area contributed by atoms with Crippen LogP contribution in [0, 0.1) is 0 Å². The molecule has 0 aliphatic heterocycles. The van der Waals surface area contributed by atoms with E-state index in [9.17, 15) is 18.0 Å². The van der Waals surface area contributed by atoms with E-state index in [-0.39, 0.29) is 5.69 Å². The number of halogens is 4. The first-order valence-corrected chi connectivity index (χ1v) is 9.17. The third kappa shape index (κ3) is 3.81.